The Morgan fingerprint density at radius 2 is 0.774 bits per heavy atom. The Morgan fingerprint density at radius 1 is 0.340 bits per heavy atom. The van der Waals surface area contributed by atoms with Crippen LogP contribution in [0.25, 0.3) is 88.8 Å². The number of nitrogens with zero attached hydrogens (tertiary/aromatic N) is 2. The first kappa shape index (κ1) is 31.1. The molecule has 8 aromatic carbocycles. The molecule has 0 spiro atoms. The molecule has 0 atom stereocenters. The van der Waals surface area contributed by atoms with E-state index in [1.54, 1.807) is 0 Å². The average Bonchev–Trinajstić information content (AvgIpc) is 3.46. The van der Waals surface area contributed by atoms with E-state index in [1.807, 2.05) is 0 Å². The summed E-state index contributed by atoms with van der Waals surface area (Å²) < 4.78 is 0. The molecule has 53 heavy (non-hydrogen) atoms. The van der Waals surface area contributed by atoms with Gasteiger partial charge in [0.15, 0.2) is 5.82 Å². The molecule has 0 N–H and O–H groups in total. The van der Waals surface area contributed by atoms with Crippen molar-refractivity contribution in [3.05, 3.63) is 193 Å². The van der Waals surface area contributed by atoms with Crippen LogP contribution in [0.2, 0.25) is 0 Å². The number of fused-ring (bicyclic) bond motifs is 5. The Kier molecular flexibility index (Phi) is 7.19. The molecule has 1 heterocycles. The van der Waals surface area contributed by atoms with Gasteiger partial charge in [-0.25, -0.2) is 9.97 Å². The third kappa shape index (κ3) is 5.34. The van der Waals surface area contributed by atoms with Crippen molar-refractivity contribution >= 4 is 21.5 Å². The van der Waals surface area contributed by atoms with Gasteiger partial charge in [-0.2, -0.15) is 0 Å². The van der Waals surface area contributed by atoms with Gasteiger partial charge in [0.1, 0.15) is 0 Å². The first-order valence-corrected chi connectivity index (χ1v) is 18.3. The Hall–Kier alpha value is -6.64. The minimum atomic E-state index is -0.189. The first-order chi connectivity index (χ1) is 26.0. The lowest BCUT2D eigenvalue weighted by Crippen LogP contribution is -2.16. The predicted molar refractivity (Wildman–Crippen MR) is 222 cm³/mol. The Labute approximate surface area is 310 Å². The Morgan fingerprint density at radius 3 is 1.34 bits per heavy atom. The van der Waals surface area contributed by atoms with Crippen LogP contribution in [-0.2, 0) is 5.41 Å². The highest BCUT2D eigenvalue weighted by molar-refractivity contribution is 5.90. The summed E-state index contributed by atoms with van der Waals surface area (Å²) in [6.45, 7) is 4.64. The highest BCUT2D eigenvalue weighted by Gasteiger charge is 2.37. The molecule has 0 saturated heterocycles. The van der Waals surface area contributed by atoms with Crippen LogP contribution in [0.1, 0.15) is 25.0 Å². The molecular formula is C51H36N2. The van der Waals surface area contributed by atoms with Crippen LogP contribution in [0.4, 0.5) is 0 Å². The molecule has 0 unspecified atom stereocenters. The molecule has 0 aliphatic heterocycles. The Bertz CT molecular complexity index is 2700. The number of hydrogen-bond donors (Lipinski definition) is 0. The maximum Gasteiger partial charge on any atom is 0.160 e. The highest BCUT2D eigenvalue weighted by atomic mass is 14.9. The van der Waals surface area contributed by atoms with Crippen molar-refractivity contribution in [3.63, 3.8) is 0 Å². The molecule has 1 aliphatic rings. The highest BCUT2D eigenvalue weighted by Crippen LogP contribution is 2.51. The van der Waals surface area contributed by atoms with E-state index in [0.717, 1.165) is 33.9 Å². The number of aromatic nitrogens is 2. The van der Waals surface area contributed by atoms with E-state index >= 15 is 0 Å². The maximum atomic E-state index is 5.33. The molecule has 0 fully saturated rings. The van der Waals surface area contributed by atoms with Crippen molar-refractivity contribution in [2.75, 3.05) is 0 Å². The minimum absolute atomic E-state index is 0.189. The van der Waals surface area contributed by atoms with Crippen LogP contribution in [0.3, 0.4) is 0 Å². The lowest BCUT2D eigenvalue weighted by molar-refractivity contribution is 0.661. The van der Waals surface area contributed by atoms with Crippen LogP contribution in [0, 0.1) is 0 Å². The molecule has 1 aromatic heterocycles. The lowest BCUT2D eigenvalue weighted by atomic mass is 9.80. The van der Waals surface area contributed by atoms with Gasteiger partial charge >= 0.3 is 0 Å². The fourth-order valence-corrected chi connectivity index (χ4v) is 8.30. The van der Waals surface area contributed by atoms with Crippen LogP contribution in [-0.4, -0.2) is 9.97 Å². The van der Waals surface area contributed by atoms with Crippen molar-refractivity contribution in [1.29, 1.82) is 0 Å². The third-order valence-electron chi connectivity index (χ3n) is 11.1. The second-order valence-electron chi connectivity index (χ2n) is 14.6. The van der Waals surface area contributed by atoms with E-state index < -0.39 is 0 Å². The van der Waals surface area contributed by atoms with Gasteiger partial charge < -0.3 is 0 Å². The first-order valence-electron chi connectivity index (χ1n) is 18.3. The van der Waals surface area contributed by atoms with Crippen molar-refractivity contribution in [3.8, 4) is 67.3 Å². The Balaban J connectivity index is 1.09. The zero-order valence-corrected chi connectivity index (χ0v) is 29.7. The van der Waals surface area contributed by atoms with Crippen LogP contribution >= 0.6 is 0 Å². The maximum absolute atomic E-state index is 5.33. The molecule has 0 saturated carbocycles. The molecule has 250 valence electrons. The zero-order chi connectivity index (χ0) is 35.5. The molecule has 10 rings (SSSR count). The topological polar surface area (TPSA) is 25.8 Å². The fourth-order valence-electron chi connectivity index (χ4n) is 8.30. The van der Waals surface area contributed by atoms with Gasteiger partial charge in [-0.15, -0.1) is 0 Å². The van der Waals surface area contributed by atoms with E-state index in [4.69, 9.17) is 9.97 Å². The third-order valence-corrected chi connectivity index (χ3v) is 11.1. The van der Waals surface area contributed by atoms with Crippen molar-refractivity contribution in [1.82, 2.24) is 9.97 Å². The van der Waals surface area contributed by atoms with Gasteiger partial charge in [0.25, 0.3) is 0 Å². The van der Waals surface area contributed by atoms with E-state index in [0.29, 0.717) is 0 Å². The number of rotatable bonds is 5. The molecule has 0 amide bonds. The van der Waals surface area contributed by atoms with E-state index in [9.17, 15) is 0 Å². The molecule has 2 heteroatoms. The average molecular weight is 677 g/mol. The molecular weight excluding hydrogens is 641 g/mol. The van der Waals surface area contributed by atoms with E-state index in [-0.39, 0.29) is 5.41 Å². The summed E-state index contributed by atoms with van der Waals surface area (Å²) in [5, 5.41) is 4.98. The number of benzene rings is 8. The monoisotopic (exact) mass is 676 g/mol. The smallest absolute Gasteiger partial charge is 0.160 e. The van der Waals surface area contributed by atoms with Gasteiger partial charge in [-0.3, -0.25) is 0 Å². The summed E-state index contributed by atoms with van der Waals surface area (Å²) in [5.74, 6) is 0.743. The van der Waals surface area contributed by atoms with Gasteiger partial charge in [0, 0.05) is 22.1 Å². The minimum Gasteiger partial charge on any atom is -0.228 e. The lowest BCUT2D eigenvalue weighted by Gasteiger charge is -2.24. The molecule has 0 bridgehead atoms. The predicted octanol–water partition coefficient (Wildman–Crippen LogP) is 13.4. The summed E-state index contributed by atoms with van der Waals surface area (Å²) in [4.78, 5) is 10.7. The van der Waals surface area contributed by atoms with Crippen molar-refractivity contribution in [2.24, 2.45) is 0 Å². The zero-order valence-electron chi connectivity index (χ0n) is 29.7. The number of hydrogen-bond acceptors (Lipinski definition) is 2. The van der Waals surface area contributed by atoms with Crippen molar-refractivity contribution in [2.45, 2.75) is 19.3 Å². The quantitative estimate of drug-likeness (QED) is 0.181. The van der Waals surface area contributed by atoms with E-state index in [2.05, 4.69) is 196 Å². The molecule has 9 aromatic rings. The normalized spacial score (nSPS) is 12.9. The second kappa shape index (κ2) is 12.3. The van der Waals surface area contributed by atoms with Crippen molar-refractivity contribution < 1.29 is 0 Å². The SMILES string of the molecule is CC1(C)c2ccccc2-c2cccc(-c3nc(-c4ccc(-c5ccc6ccccc6c5)cc4)cc(-c4ccc(-c5ccc6ccccc6c5)cc4)n3)c21. The molecule has 0 radical (unpaired) electrons. The second-order valence-corrected chi connectivity index (χ2v) is 14.6. The fraction of sp³-hybridized carbons (Fsp3) is 0.0588. The summed E-state index contributed by atoms with van der Waals surface area (Å²) in [5.41, 5.74) is 14.7. The van der Waals surface area contributed by atoms with Gasteiger partial charge in [-0.05, 0) is 84.3 Å². The molecule has 1 aliphatic carbocycles. The summed E-state index contributed by atoms with van der Waals surface area (Å²) in [6.07, 6.45) is 0. The molecule has 2 nitrogen and oxygen atoms in total. The van der Waals surface area contributed by atoms with Crippen LogP contribution in [0.5, 0.6) is 0 Å². The summed E-state index contributed by atoms with van der Waals surface area (Å²) in [7, 11) is 0. The van der Waals surface area contributed by atoms with Gasteiger partial charge in [0.2, 0.25) is 0 Å². The van der Waals surface area contributed by atoms with Gasteiger partial charge in [0.05, 0.1) is 11.4 Å². The summed E-state index contributed by atoms with van der Waals surface area (Å²) in [6, 6.07) is 65.5. The van der Waals surface area contributed by atoms with E-state index in [1.165, 1.54) is 66.1 Å². The van der Waals surface area contributed by atoms with Crippen LogP contribution < -0.4 is 0 Å². The van der Waals surface area contributed by atoms with Crippen LogP contribution in [0.15, 0.2) is 182 Å². The largest absolute Gasteiger partial charge is 0.228 e. The van der Waals surface area contributed by atoms with Gasteiger partial charge in [-0.1, -0.05) is 178 Å². The standard InChI is InChI=1S/C51H36N2/c1-51(2)46-17-8-7-14-43(46)44-15-9-16-45(49(44)51)50-52-47(37-24-18-35(19-25-37)41-28-22-33-10-3-5-12-39(33)30-41)32-48(53-50)38-26-20-36(21-27-38)42-29-23-34-11-4-6-13-40(34)31-42/h3-32H,1-2H3. The summed E-state index contributed by atoms with van der Waals surface area (Å²) >= 11 is 0.